The average Bonchev–Trinajstić information content (AvgIpc) is 2.90. The van der Waals surface area contributed by atoms with Crippen LogP contribution in [-0.4, -0.2) is 19.0 Å². The lowest BCUT2D eigenvalue weighted by molar-refractivity contribution is 0.104. The molecule has 1 aromatic heterocycles. The van der Waals surface area contributed by atoms with Gasteiger partial charge in [-0.25, -0.2) is 0 Å². The maximum Gasteiger partial charge on any atom is 0.189 e. The number of aryl methyl sites for hydroxylation is 2. The molecule has 0 aliphatic carbocycles. The van der Waals surface area contributed by atoms with Crippen molar-refractivity contribution >= 4 is 11.9 Å². The number of carbonyl (C=O) groups excluding carboxylic acids is 1. The van der Waals surface area contributed by atoms with Crippen LogP contribution in [0.5, 0.6) is 11.5 Å². The molecule has 1 heterocycles. The monoisotopic (exact) mass is 324 g/mol. The molecule has 4 heteroatoms. The van der Waals surface area contributed by atoms with Gasteiger partial charge in [0, 0.05) is 0 Å². The Labute approximate surface area is 142 Å². The van der Waals surface area contributed by atoms with Gasteiger partial charge in [0.2, 0.25) is 0 Å². The van der Waals surface area contributed by atoms with Crippen LogP contribution in [0.25, 0.3) is 6.08 Å². The van der Waals surface area contributed by atoms with E-state index in [1.807, 2.05) is 26.0 Å². The number of allylic oxidation sites excluding steroid dienone is 1. The molecular formula is C20H20O4. The predicted molar refractivity (Wildman–Crippen MR) is 93.5 cm³/mol. The topological polar surface area (TPSA) is 48.7 Å². The van der Waals surface area contributed by atoms with Crippen molar-refractivity contribution in [2.75, 3.05) is 13.2 Å². The highest BCUT2D eigenvalue weighted by atomic mass is 16.5. The molecule has 0 aliphatic rings. The maximum atomic E-state index is 12.2. The molecule has 0 spiro atoms. The average molecular weight is 324 g/mol. The SMILES string of the molecule is C#CCOc1ccc(/C=C/C(=O)c2cc(C)oc2C)cc1OCC. The molecule has 0 N–H and O–H groups in total. The molecule has 24 heavy (non-hydrogen) atoms. The zero-order valence-corrected chi connectivity index (χ0v) is 14.1. The minimum Gasteiger partial charge on any atom is -0.490 e. The van der Waals surface area contributed by atoms with E-state index in [4.69, 9.17) is 20.3 Å². The second-order valence-corrected chi connectivity index (χ2v) is 5.16. The summed E-state index contributed by atoms with van der Waals surface area (Å²) in [5, 5.41) is 0. The van der Waals surface area contributed by atoms with E-state index in [0.717, 1.165) is 11.3 Å². The van der Waals surface area contributed by atoms with Crippen LogP contribution in [0, 0.1) is 26.2 Å². The van der Waals surface area contributed by atoms with E-state index in [1.165, 1.54) is 6.08 Å². The van der Waals surface area contributed by atoms with Crippen LogP contribution in [0.1, 0.15) is 34.4 Å². The van der Waals surface area contributed by atoms with Crippen molar-refractivity contribution in [1.29, 1.82) is 0 Å². The Morgan fingerprint density at radius 2 is 2.04 bits per heavy atom. The van der Waals surface area contributed by atoms with E-state index in [-0.39, 0.29) is 12.4 Å². The van der Waals surface area contributed by atoms with E-state index in [0.29, 0.717) is 29.4 Å². The minimum absolute atomic E-state index is 0.102. The molecule has 0 saturated heterocycles. The van der Waals surface area contributed by atoms with Crippen molar-refractivity contribution in [2.45, 2.75) is 20.8 Å². The fourth-order valence-electron chi connectivity index (χ4n) is 2.27. The second-order valence-electron chi connectivity index (χ2n) is 5.16. The van der Waals surface area contributed by atoms with Crippen molar-refractivity contribution in [3.63, 3.8) is 0 Å². The highest BCUT2D eigenvalue weighted by Crippen LogP contribution is 2.29. The number of terminal acetylenes is 1. The van der Waals surface area contributed by atoms with Crippen LogP contribution in [0.3, 0.4) is 0 Å². The van der Waals surface area contributed by atoms with E-state index in [1.54, 1.807) is 25.1 Å². The van der Waals surface area contributed by atoms with Crippen molar-refractivity contribution in [3.8, 4) is 23.8 Å². The summed E-state index contributed by atoms with van der Waals surface area (Å²) in [6.07, 6.45) is 8.46. The summed E-state index contributed by atoms with van der Waals surface area (Å²) in [6.45, 7) is 6.16. The number of rotatable bonds is 7. The van der Waals surface area contributed by atoms with Gasteiger partial charge in [-0.1, -0.05) is 18.1 Å². The molecule has 1 aromatic carbocycles. The predicted octanol–water partition coefficient (Wildman–Crippen LogP) is 4.20. The summed E-state index contributed by atoms with van der Waals surface area (Å²) in [7, 11) is 0. The Morgan fingerprint density at radius 3 is 2.67 bits per heavy atom. The van der Waals surface area contributed by atoms with Gasteiger partial charge in [0.1, 0.15) is 18.1 Å². The second kappa shape index (κ2) is 8.07. The van der Waals surface area contributed by atoms with Gasteiger partial charge in [-0.15, -0.1) is 6.42 Å². The number of benzene rings is 1. The molecule has 0 atom stereocenters. The van der Waals surface area contributed by atoms with Gasteiger partial charge in [-0.05, 0) is 50.6 Å². The van der Waals surface area contributed by atoms with Crippen molar-refractivity contribution < 1.29 is 18.7 Å². The van der Waals surface area contributed by atoms with Gasteiger partial charge in [-0.3, -0.25) is 4.79 Å². The summed E-state index contributed by atoms with van der Waals surface area (Å²) in [4.78, 5) is 12.2. The van der Waals surface area contributed by atoms with Crippen LogP contribution >= 0.6 is 0 Å². The third-order valence-electron chi connectivity index (χ3n) is 3.31. The zero-order valence-electron chi connectivity index (χ0n) is 14.1. The Morgan fingerprint density at radius 1 is 1.25 bits per heavy atom. The lowest BCUT2D eigenvalue weighted by Crippen LogP contribution is -1.99. The fraction of sp³-hybridized carbons (Fsp3) is 0.250. The van der Waals surface area contributed by atoms with Gasteiger partial charge < -0.3 is 13.9 Å². The van der Waals surface area contributed by atoms with Crippen LogP contribution in [0.15, 0.2) is 34.8 Å². The van der Waals surface area contributed by atoms with E-state index >= 15 is 0 Å². The number of ether oxygens (including phenoxy) is 2. The first kappa shape index (κ1) is 17.4. The molecule has 0 fully saturated rings. The Bertz CT molecular complexity index is 790. The van der Waals surface area contributed by atoms with E-state index < -0.39 is 0 Å². The van der Waals surface area contributed by atoms with Crippen LogP contribution in [-0.2, 0) is 0 Å². The third-order valence-corrected chi connectivity index (χ3v) is 3.31. The number of hydrogen-bond acceptors (Lipinski definition) is 4. The zero-order chi connectivity index (χ0) is 17.5. The van der Waals surface area contributed by atoms with Gasteiger partial charge in [0.05, 0.1) is 12.2 Å². The fourth-order valence-corrected chi connectivity index (χ4v) is 2.27. The smallest absolute Gasteiger partial charge is 0.189 e. The van der Waals surface area contributed by atoms with Crippen molar-refractivity contribution in [1.82, 2.24) is 0 Å². The summed E-state index contributed by atoms with van der Waals surface area (Å²) >= 11 is 0. The molecular weight excluding hydrogens is 304 g/mol. The molecule has 0 amide bonds. The molecule has 4 nitrogen and oxygen atoms in total. The lowest BCUT2D eigenvalue weighted by atomic mass is 10.1. The summed E-state index contributed by atoms with van der Waals surface area (Å²) in [5.74, 6) is 4.84. The first-order chi connectivity index (χ1) is 11.5. The van der Waals surface area contributed by atoms with Crippen LogP contribution < -0.4 is 9.47 Å². The number of hydrogen-bond donors (Lipinski definition) is 0. The molecule has 0 aliphatic heterocycles. The molecule has 0 bridgehead atoms. The highest BCUT2D eigenvalue weighted by Gasteiger charge is 2.11. The third kappa shape index (κ3) is 4.30. The molecule has 2 rings (SSSR count). The van der Waals surface area contributed by atoms with Crippen molar-refractivity contribution in [3.05, 3.63) is 53.0 Å². The summed E-state index contributed by atoms with van der Waals surface area (Å²) in [5.41, 5.74) is 1.40. The van der Waals surface area contributed by atoms with Crippen LogP contribution in [0.4, 0.5) is 0 Å². The van der Waals surface area contributed by atoms with Crippen molar-refractivity contribution in [2.24, 2.45) is 0 Å². The van der Waals surface area contributed by atoms with Gasteiger partial charge >= 0.3 is 0 Å². The minimum atomic E-state index is -0.102. The quantitative estimate of drug-likeness (QED) is 0.435. The largest absolute Gasteiger partial charge is 0.490 e. The lowest BCUT2D eigenvalue weighted by Gasteiger charge is -2.10. The highest BCUT2D eigenvalue weighted by molar-refractivity contribution is 6.07. The number of ketones is 1. The Kier molecular flexibility index (Phi) is 5.86. The normalized spacial score (nSPS) is 10.6. The standard InChI is InChI=1S/C20H20O4/c1-5-11-23-19-10-8-16(13-20(19)22-6-2)7-9-18(21)17-12-14(3)24-15(17)4/h1,7-10,12-13H,6,11H2,2-4H3/b9-7+. The van der Waals surface area contributed by atoms with E-state index in [2.05, 4.69) is 5.92 Å². The molecule has 0 radical (unpaired) electrons. The summed E-state index contributed by atoms with van der Waals surface area (Å²) in [6, 6.07) is 7.17. The molecule has 2 aromatic rings. The summed E-state index contributed by atoms with van der Waals surface area (Å²) < 4.78 is 16.4. The first-order valence-electron chi connectivity index (χ1n) is 7.67. The number of carbonyl (C=O) groups is 1. The maximum absolute atomic E-state index is 12.2. The first-order valence-corrected chi connectivity index (χ1v) is 7.67. The van der Waals surface area contributed by atoms with Gasteiger partial charge in [0.15, 0.2) is 17.3 Å². The Hall–Kier alpha value is -2.93. The van der Waals surface area contributed by atoms with Crippen LogP contribution in [0.2, 0.25) is 0 Å². The van der Waals surface area contributed by atoms with E-state index in [9.17, 15) is 4.79 Å². The molecule has 0 unspecified atom stereocenters. The molecule has 0 saturated carbocycles. The molecule has 124 valence electrons. The Balaban J connectivity index is 2.19. The van der Waals surface area contributed by atoms with Gasteiger partial charge in [-0.2, -0.15) is 0 Å². The number of furan rings is 1. The van der Waals surface area contributed by atoms with Gasteiger partial charge in [0.25, 0.3) is 0 Å².